The lowest BCUT2D eigenvalue weighted by Gasteiger charge is -2.08. The highest BCUT2D eigenvalue weighted by atomic mass is 16.5. The second-order valence-corrected chi connectivity index (χ2v) is 9.04. The SMILES string of the molecule is CCCCCCCCCCCOc1ccc(C(=O)Oc2ccc(C(=O)OCCCCCO)cc2)cc1. The molecule has 0 aromatic heterocycles. The van der Waals surface area contributed by atoms with Crippen LogP contribution >= 0.6 is 0 Å². The van der Waals surface area contributed by atoms with Crippen LogP contribution in [0.15, 0.2) is 48.5 Å². The number of carbonyl (C=O) groups excluding carboxylic acids is 2. The summed E-state index contributed by atoms with van der Waals surface area (Å²) in [5, 5.41) is 8.76. The molecule has 0 atom stereocenters. The lowest BCUT2D eigenvalue weighted by Crippen LogP contribution is -2.09. The van der Waals surface area contributed by atoms with Gasteiger partial charge in [0, 0.05) is 6.61 Å². The van der Waals surface area contributed by atoms with Crippen molar-refractivity contribution in [2.45, 2.75) is 84.0 Å². The Morgan fingerprint density at radius 1 is 0.611 bits per heavy atom. The fraction of sp³-hybridized carbons (Fsp3) is 0.533. The van der Waals surface area contributed by atoms with Crippen molar-refractivity contribution in [1.29, 1.82) is 0 Å². The molecule has 0 unspecified atom stereocenters. The van der Waals surface area contributed by atoms with E-state index in [0.717, 1.165) is 18.6 Å². The molecular weight excluding hydrogens is 456 g/mol. The largest absolute Gasteiger partial charge is 0.494 e. The second kappa shape index (κ2) is 18.4. The van der Waals surface area contributed by atoms with E-state index in [-0.39, 0.29) is 6.61 Å². The van der Waals surface area contributed by atoms with Gasteiger partial charge < -0.3 is 19.3 Å². The Hall–Kier alpha value is -2.86. The molecule has 0 saturated carbocycles. The normalized spacial score (nSPS) is 10.7. The van der Waals surface area contributed by atoms with Crippen LogP contribution in [0.4, 0.5) is 0 Å². The molecule has 0 bridgehead atoms. The van der Waals surface area contributed by atoms with Crippen LogP contribution in [-0.4, -0.2) is 36.9 Å². The topological polar surface area (TPSA) is 82.1 Å². The molecule has 0 aliphatic rings. The average molecular weight is 499 g/mol. The Labute approximate surface area is 216 Å². The summed E-state index contributed by atoms with van der Waals surface area (Å²) in [6.07, 6.45) is 13.7. The average Bonchev–Trinajstić information content (AvgIpc) is 2.90. The van der Waals surface area contributed by atoms with Gasteiger partial charge >= 0.3 is 11.9 Å². The van der Waals surface area contributed by atoms with E-state index in [1.165, 1.54) is 51.4 Å². The van der Waals surface area contributed by atoms with Gasteiger partial charge in [-0.25, -0.2) is 9.59 Å². The van der Waals surface area contributed by atoms with Crippen molar-refractivity contribution in [1.82, 2.24) is 0 Å². The van der Waals surface area contributed by atoms with Crippen LogP contribution in [0.5, 0.6) is 11.5 Å². The molecular formula is C30H42O6. The van der Waals surface area contributed by atoms with Gasteiger partial charge in [0.1, 0.15) is 11.5 Å². The fourth-order valence-electron chi connectivity index (χ4n) is 3.75. The number of hydrogen-bond acceptors (Lipinski definition) is 6. The van der Waals surface area contributed by atoms with E-state index in [4.69, 9.17) is 19.3 Å². The molecule has 2 rings (SSSR count). The molecule has 2 aromatic carbocycles. The van der Waals surface area contributed by atoms with Crippen LogP contribution < -0.4 is 9.47 Å². The van der Waals surface area contributed by atoms with Crippen molar-refractivity contribution >= 4 is 11.9 Å². The molecule has 0 fully saturated rings. The number of carbonyl (C=O) groups is 2. The Balaban J connectivity index is 1.65. The summed E-state index contributed by atoms with van der Waals surface area (Å²) in [5.41, 5.74) is 0.822. The Bertz CT molecular complexity index is 860. The number of unbranched alkanes of at least 4 members (excludes halogenated alkanes) is 10. The molecule has 0 radical (unpaired) electrons. The first-order chi connectivity index (χ1) is 17.6. The van der Waals surface area contributed by atoms with Gasteiger partial charge in [0.05, 0.1) is 24.3 Å². The van der Waals surface area contributed by atoms with Crippen molar-refractivity contribution in [3.8, 4) is 11.5 Å². The highest BCUT2D eigenvalue weighted by Crippen LogP contribution is 2.18. The summed E-state index contributed by atoms with van der Waals surface area (Å²) in [5.74, 6) is 0.199. The predicted octanol–water partition coefficient (Wildman–Crippen LogP) is 7.13. The van der Waals surface area contributed by atoms with Gasteiger partial charge in [-0.15, -0.1) is 0 Å². The maximum Gasteiger partial charge on any atom is 0.343 e. The van der Waals surface area contributed by atoms with Gasteiger partial charge in [0.25, 0.3) is 0 Å². The molecule has 6 heteroatoms. The molecule has 6 nitrogen and oxygen atoms in total. The standard InChI is InChI=1S/C30H42O6/c1-2-3-4-5-6-7-8-9-12-23-34-27-18-14-26(15-19-27)30(33)36-28-20-16-25(17-21-28)29(32)35-24-13-10-11-22-31/h14-21,31H,2-13,22-24H2,1H3. The summed E-state index contributed by atoms with van der Waals surface area (Å²) in [4.78, 5) is 24.5. The number of aliphatic hydroxyl groups excluding tert-OH is 1. The van der Waals surface area contributed by atoms with Gasteiger partial charge in [-0.3, -0.25) is 0 Å². The first-order valence-electron chi connectivity index (χ1n) is 13.5. The summed E-state index contributed by atoms with van der Waals surface area (Å²) in [6.45, 7) is 3.38. The summed E-state index contributed by atoms with van der Waals surface area (Å²) >= 11 is 0. The second-order valence-electron chi connectivity index (χ2n) is 9.04. The molecule has 0 aliphatic heterocycles. The van der Waals surface area contributed by atoms with Gasteiger partial charge in [-0.2, -0.15) is 0 Å². The zero-order chi connectivity index (χ0) is 25.8. The van der Waals surface area contributed by atoms with E-state index in [2.05, 4.69) is 6.92 Å². The van der Waals surface area contributed by atoms with Crippen LogP contribution in [0.3, 0.4) is 0 Å². The van der Waals surface area contributed by atoms with Crippen molar-refractivity contribution in [2.24, 2.45) is 0 Å². The van der Waals surface area contributed by atoms with Gasteiger partial charge in [-0.1, -0.05) is 58.3 Å². The minimum Gasteiger partial charge on any atom is -0.494 e. The quantitative estimate of drug-likeness (QED) is 0.126. The molecule has 0 saturated heterocycles. The summed E-state index contributed by atoms with van der Waals surface area (Å²) in [6, 6.07) is 13.2. The van der Waals surface area contributed by atoms with Crippen molar-refractivity contribution in [3.05, 3.63) is 59.7 Å². The third-order valence-electron chi connectivity index (χ3n) is 5.94. The Kier molecular flexibility index (Phi) is 15.0. The highest BCUT2D eigenvalue weighted by Gasteiger charge is 2.11. The number of hydrogen-bond donors (Lipinski definition) is 1. The number of benzene rings is 2. The summed E-state index contributed by atoms with van der Waals surface area (Å²) < 4.78 is 16.4. The van der Waals surface area contributed by atoms with E-state index in [1.54, 1.807) is 48.5 Å². The van der Waals surface area contributed by atoms with Crippen molar-refractivity contribution in [3.63, 3.8) is 0 Å². The summed E-state index contributed by atoms with van der Waals surface area (Å²) in [7, 11) is 0. The minimum absolute atomic E-state index is 0.144. The molecule has 0 amide bonds. The molecule has 1 N–H and O–H groups in total. The van der Waals surface area contributed by atoms with Gasteiger partial charge in [0.2, 0.25) is 0 Å². The van der Waals surface area contributed by atoms with Crippen LogP contribution in [0.25, 0.3) is 0 Å². The fourth-order valence-corrected chi connectivity index (χ4v) is 3.75. The number of ether oxygens (including phenoxy) is 3. The Morgan fingerprint density at radius 2 is 1.11 bits per heavy atom. The predicted molar refractivity (Wildman–Crippen MR) is 142 cm³/mol. The Morgan fingerprint density at radius 3 is 1.72 bits per heavy atom. The van der Waals surface area contributed by atoms with Crippen LogP contribution in [0.2, 0.25) is 0 Å². The first-order valence-corrected chi connectivity index (χ1v) is 13.5. The number of aliphatic hydroxyl groups is 1. The first kappa shape index (κ1) is 29.4. The van der Waals surface area contributed by atoms with Crippen molar-refractivity contribution in [2.75, 3.05) is 19.8 Å². The number of esters is 2. The van der Waals surface area contributed by atoms with Crippen LogP contribution in [-0.2, 0) is 4.74 Å². The molecule has 198 valence electrons. The maximum absolute atomic E-state index is 12.4. The monoisotopic (exact) mass is 498 g/mol. The van der Waals surface area contributed by atoms with Crippen LogP contribution in [0.1, 0.15) is 105 Å². The van der Waals surface area contributed by atoms with E-state index < -0.39 is 11.9 Å². The lowest BCUT2D eigenvalue weighted by atomic mass is 10.1. The lowest BCUT2D eigenvalue weighted by molar-refractivity contribution is 0.0496. The maximum atomic E-state index is 12.4. The van der Waals surface area contributed by atoms with Crippen molar-refractivity contribution < 1.29 is 28.9 Å². The van der Waals surface area contributed by atoms with E-state index in [1.807, 2.05) is 0 Å². The smallest absolute Gasteiger partial charge is 0.343 e. The number of rotatable bonds is 19. The van der Waals surface area contributed by atoms with Gasteiger partial charge in [-0.05, 0) is 74.2 Å². The van der Waals surface area contributed by atoms with E-state index >= 15 is 0 Å². The third kappa shape index (κ3) is 12.2. The van der Waals surface area contributed by atoms with Crippen LogP contribution in [0, 0.1) is 0 Å². The molecule has 36 heavy (non-hydrogen) atoms. The van der Waals surface area contributed by atoms with E-state index in [0.29, 0.717) is 42.9 Å². The zero-order valence-corrected chi connectivity index (χ0v) is 21.7. The highest BCUT2D eigenvalue weighted by molar-refractivity contribution is 5.92. The van der Waals surface area contributed by atoms with E-state index in [9.17, 15) is 9.59 Å². The molecule has 0 spiro atoms. The third-order valence-corrected chi connectivity index (χ3v) is 5.94. The zero-order valence-electron chi connectivity index (χ0n) is 21.7. The molecule has 0 aliphatic carbocycles. The molecule has 0 heterocycles. The minimum atomic E-state index is -0.473. The van der Waals surface area contributed by atoms with Gasteiger partial charge in [0.15, 0.2) is 0 Å². The molecule has 2 aromatic rings.